The molecule has 0 bridgehead atoms. The second-order valence-corrected chi connectivity index (χ2v) is 6.26. The van der Waals surface area contributed by atoms with E-state index in [9.17, 15) is 19.7 Å². The summed E-state index contributed by atoms with van der Waals surface area (Å²) in [7, 11) is 0. The molecular formula is C19H21N3O6. The lowest BCUT2D eigenvalue weighted by atomic mass is 10.2. The maximum Gasteiger partial charge on any atom is 0.411 e. The number of nitrogens with one attached hydrogen (secondary N) is 2. The zero-order valence-corrected chi connectivity index (χ0v) is 15.5. The molecule has 0 aromatic heterocycles. The van der Waals surface area contributed by atoms with Crippen LogP contribution in [0, 0.1) is 16.0 Å². The summed E-state index contributed by atoms with van der Waals surface area (Å²) in [5.41, 5.74) is 0.658. The van der Waals surface area contributed by atoms with Crippen molar-refractivity contribution in [3.8, 4) is 5.75 Å². The Morgan fingerprint density at radius 2 is 1.75 bits per heavy atom. The van der Waals surface area contributed by atoms with Gasteiger partial charge in [-0.15, -0.1) is 0 Å². The second kappa shape index (κ2) is 9.91. The fourth-order valence-electron chi connectivity index (χ4n) is 2.14. The van der Waals surface area contributed by atoms with Crippen molar-refractivity contribution >= 4 is 29.1 Å². The first-order valence-electron chi connectivity index (χ1n) is 8.55. The minimum Gasteiger partial charge on any atom is -0.477 e. The molecule has 0 aliphatic heterocycles. The molecule has 9 nitrogen and oxygen atoms in total. The summed E-state index contributed by atoms with van der Waals surface area (Å²) < 4.78 is 10.3. The van der Waals surface area contributed by atoms with Gasteiger partial charge in [-0.2, -0.15) is 0 Å². The lowest BCUT2D eigenvalue weighted by Gasteiger charge is -2.11. The Labute approximate surface area is 161 Å². The Morgan fingerprint density at radius 1 is 1.07 bits per heavy atom. The number of para-hydroxylation sites is 2. The smallest absolute Gasteiger partial charge is 0.411 e. The summed E-state index contributed by atoms with van der Waals surface area (Å²) in [6.45, 7) is 3.75. The fourth-order valence-corrected chi connectivity index (χ4v) is 2.14. The Bertz CT molecular complexity index is 853. The quantitative estimate of drug-likeness (QED) is 0.525. The fraction of sp³-hybridized carbons (Fsp3) is 0.263. The number of hydrogen-bond acceptors (Lipinski definition) is 6. The highest BCUT2D eigenvalue weighted by Gasteiger charge is 2.15. The Kier molecular flexibility index (Phi) is 7.32. The number of ether oxygens (including phenoxy) is 2. The van der Waals surface area contributed by atoms with E-state index in [-0.39, 0.29) is 17.4 Å². The molecule has 2 aromatic rings. The van der Waals surface area contributed by atoms with Crippen LogP contribution in [0.3, 0.4) is 0 Å². The zero-order valence-electron chi connectivity index (χ0n) is 15.5. The highest BCUT2D eigenvalue weighted by molar-refractivity contribution is 5.93. The predicted molar refractivity (Wildman–Crippen MR) is 103 cm³/mol. The molecule has 0 atom stereocenters. The van der Waals surface area contributed by atoms with E-state index < -0.39 is 23.5 Å². The minimum absolute atomic E-state index is 0.00552. The molecule has 2 N–H and O–H groups in total. The summed E-state index contributed by atoms with van der Waals surface area (Å²) >= 11 is 0. The first-order chi connectivity index (χ1) is 13.3. The molecule has 2 amide bonds. The van der Waals surface area contributed by atoms with Crippen molar-refractivity contribution in [3.63, 3.8) is 0 Å². The average Bonchev–Trinajstić information content (AvgIpc) is 2.65. The van der Waals surface area contributed by atoms with Crippen molar-refractivity contribution in [3.05, 3.63) is 58.6 Å². The summed E-state index contributed by atoms with van der Waals surface area (Å²) in [6, 6.07) is 12.3. The Hall–Kier alpha value is -3.62. The SMILES string of the molecule is CC(C)COC(=O)Nc1cccc(NC(=O)COc2ccccc2[N+](=O)[O-])c1. The molecule has 0 fully saturated rings. The summed E-state index contributed by atoms with van der Waals surface area (Å²) in [5.74, 6) is -0.277. The molecule has 28 heavy (non-hydrogen) atoms. The lowest BCUT2D eigenvalue weighted by Crippen LogP contribution is -2.21. The highest BCUT2D eigenvalue weighted by Crippen LogP contribution is 2.25. The van der Waals surface area contributed by atoms with Crippen LogP contribution < -0.4 is 15.4 Å². The van der Waals surface area contributed by atoms with E-state index in [1.165, 1.54) is 18.2 Å². The maximum atomic E-state index is 12.1. The van der Waals surface area contributed by atoms with Gasteiger partial charge in [0.2, 0.25) is 0 Å². The molecule has 2 rings (SSSR count). The van der Waals surface area contributed by atoms with Crippen LogP contribution in [-0.2, 0) is 9.53 Å². The molecule has 0 unspecified atom stereocenters. The van der Waals surface area contributed by atoms with E-state index in [0.29, 0.717) is 18.0 Å². The standard InChI is InChI=1S/C19H21N3O6/c1-13(2)11-28-19(24)21-15-7-5-6-14(10-15)20-18(23)12-27-17-9-4-3-8-16(17)22(25)26/h3-10,13H,11-12H2,1-2H3,(H,20,23)(H,21,24). The summed E-state index contributed by atoms with van der Waals surface area (Å²) in [5, 5.41) is 16.1. The third-order valence-corrected chi connectivity index (χ3v) is 3.36. The maximum absolute atomic E-state index is 12.1. The third kappa shape index (κ3) is 6.60. The molecule has 148 valence electrons. The molecule has 0 spiro atoms. The topological polar surface area (TPSA) is 120 Å². The van der Waals surface area contributed by atoms with Gasteiger partial charge in [-0.3, -0.25) is 20.2 Å². The number of rotatable bonds is 8. The van der Waals surface area contributed by atoms with Gasteiger partial charge in [0.25, 0.3) is 5.91 Å². The Balaban J connectivity index is 1.90. The molecule has 0 aliphatic rings. The molecule has 0 heterocycles. The number of hydrogen-bond donors (Lipinski definition) is 2. The van der Waals surface area contributed by atoms with Crippen LogP contribution >= 0.6 is 0 Å². The predicted octanol–water partition coefficient (Wildman–Crippen LogP) is 3.82. The van der Waals surface area contributed by atoms with Crippen molar-refractivity contribution in [1.29, 1.82) is 0 Å². The largest absolute Gasteiger partial charge is 0.477 e. The molecular weight excluding hydrogens is 366 g/mol. The van der Waals surface area contributed by atoms with Crippen LogP contribution in [0.5, 0.6) is 5.75 Å². The molecule has 0 saturated carbocycles. The van der Waals surface area contributed by atoms with Crippen molar-refractivity contribution < 1.29 is 24.0 Å². The number of amides is 2. The van der Waals surface area contributed by atoms with Crippen LogP contribution in [0.4, 0.5) is 21.9 Å². The van der Waals surface area contributed by atoms with Crippen molar-refractivity contribution in [2.75, 3.05) is 23.8 Å². The van der Waals surface area contributed by atoms with Crippen LogP contribution in [0.1, 0.15) is 13.8 Å². The van der Waals surface area contributed by atoms with Crippen molar-refractivity contribution in [2.45, 2.75) is 13.8 Å². The Morgan fingerprint density at radius 3 is 2.43 bits per heavy atom. The van der Waals surface area contributed by atoms with E-state index in [1.807, 2.05) is 13.8 Å². The van der Waals surface area contributed by atoms with Gasteiger partial charge in [-0.1, -0.05) is 32.0 Å². The monoisotopic (exact) mass is 387 g/mol. The van der Waals surface area contributed by atoms with E-state index in [2.05, 4.69) is 10.6 Å². The van der Waals surface area contributed by atoms with Gasteiger partial charge in [0.1, 0.15) is 0 Å². The van der Waals surface area contributed by atoms with Crippen molar-refractivity contribution in [2.24, 2.45) is 5.92 Å². The number of anilines is 2. The van der Waals surface area contributed by atoms with E-state index in [4.69, 9.17) is 9.47 Å². The average molecular weight is 387 g/mol. The normalized spacial score (nSPS) is 10.2. The highest BCUT2D eigenvalue weighted by atomic mass is 16.6. The molecule has 2 aromatic carbocycles. The van der Waals surface area contributed by atoms with Gasteiger partial charge >= 0.3 is 11.8 Å². The van der Waals surface area contributed by atoms with Gasteiger partial charge in [0.15, 0.2) is 12.4 Å². The molecule has 9 heteroatoms. The van der Waals surface area contributed by atoms with E-state index in [1.54, 1.807) is 30.3 Å². The van der Waals surface area contributed by atoms with Gasteiger partial charge in [0, 0.05) is 17.4 Å². The summed E-state index contributed by atoms with van der Waals surface area (Å²) in [4.78, 5) is 34.1. The van der Waals surface area contributed by atoms with E-state index >= 15 is 0 Å². The number of nitro groups is 1. The van der Waals surface area contributed by atoms with Crippen LogP contribution in [0.25, 0.3) is 0 Å². The van der Waals surface area contributed by atoms with Crippen molar-refractivity contribution in [1.82, 2.24) is 0 Å². The minimum atomic E-state index is -0.586. The first-order valence-corrected chi connectivity index (χ1v) is 8.55. The number of nitrogens with zero attached hydrogens (tertiary/aromatic N) is 1. The molecule has 0 aliphatic carbocycles. The van der Waals surface area contributed by atoms with Crippen LogP contribution in [0.15, 0.2) is 48.5 Å². The van der Waals surface area contributed by atoms with Crippen LogP contribution in [-0.4, -0.2) is 30.1 Å². The van der Waals surface area contributed by atoms with Crippen LogP contribution in [0.2, 0.25) is 0 Å². The zero-order chi connectivity index (χ0) is 20.5. The number of benzene rings is 2. The number of carbonyl (C=O) groups excluding carboxylic acids is 2. The number of carbonyl (C=O) groups is 2. The molecule has 0 radical (unpaired) electrons. The van der Waals surface area contributed by atoms with Gasteiger partial charge < -0.3 is 14.8 Å². The first kappa shape index (κ1) is 20.7. The number of nitro benzene ring substituents is 1. The molecule has 0 saturated heterocycles. The van der Waals surface area contributed by atoms with Gasteiger partial charge in [-0.05, 0) is 30.2 Å². The summed E-state index contributed by atoms with van der Waals surface area (Å²) in [6.07, 6.45) is -0.586. The third-order valence-electron chi connectivity index (χ3n) is 3.36. The van der Waals surface area contributed by atoms with E-state index in [0.717, 1.165) is 0 Å². The second-order valence-electron chi connectivity index (χ2n) is 6.26. The van der Waals surface area contributed by atoms with Gasteiger partial charge in [-0.25, -0.2) is 4.79 Å². The lowest BCUT2D eigenvalue weighted by molar-refractivity contribution is -0.385. The van der Waals surface area contributed by atoms with Gasteiger partial charge in [0.05, 0.1) is 11.5 Å².